The molecule has 1 saturated carbocycles. The summed E-state index contributed by atoms with van der Waals surface area (Å²) in [7, 11) is 0. The molecule has 1 saturated heterocycles. The van der Waals surface area contributed by atoms with E-state index in [2.05, 4.69) is 15.0 Å². The van der Waals surface area contributed by atoms with Crippen molar-refractivity contribution < 1.29 is 9.63 Å². The Labute approximate surface area is 94.4 Å². The van der Waals surface area contributed by atoms with Gasteiger partial charge in [-0.05, 0) is 31.6 Å². The molecule has 0 radical (unpaired) electrons. The Bertz CT molecular complexity index is 354. The minimum absolute atomic E-state index is 0.297. The van der Waals surface area contributed by atoms with Gasteiger partial charge in [0, 0.05) is 25.6 Å². The highest BCUT2D eigenvalue weighted by Gasteiger charge is 2.30. The summed E-state index contributed by atoms with van der Waals surface area (Å²) >= 11 is 0. The maximum absolute atomic E-state index is 9.06. The van der Waals surface area contributed by atoms with E-state index >= 15 is 0 Å². The predicted octanol–water partition coefficient (Wildman–Crippen LogP) is 1.16. The highest BCUT2D eigenvalue weighted by Crippen LogP contribution is 2.39. The van der Waals surface area contributed by atoms with Crippen LogP contribution in [-0.4, -0.2) is 34.9 Å². The molecule has 3 rings (SSSR count). The number of aliphatic hydroxyl groups excluding tert-OH is 1. The van der Waals surface area contributed by atoms with E-state index in [-0.39, 0.29) is 0 Å². The second kappa shape index (κ2) is 4.05. The Morgan fingerprint density at radius 2 is 2.00 bits per heavy atom. The maximum Gasteiger partial charge on any atom is 0.324 e. The van der Waals surface area contributed by atoms with E-state index in [1.165, 1.54) is 12.8 Å². The van der Waals surface area contributed by atoms with Crippen LogP contribution in [0.2, 0.25) is 0 Å². The smallest absolute Gasteiger partial charge is 0.324 e. The molecule has 2 fully saturated rings. The van der Waals surface area contributed by atoms with Gasteiger partial charge in [-0.3, -0.25) is 0 Å². The molecule has 1 aliphatic carbocycles. The van der Waals surface area contributed by atoms with Crippen molar-refractivity contribution in [2.24, 2.45) is 5.92 Å². The monoisotopic (exact) mass is 223 g/mol. The predicted molar refractivity (Wildman–Crippen MR) is 58.3 cm³/mol. The van der Waals surface area contributed by atoms with Crippen LogP contribution in [0.5, 0.6) is 0 Å². The molecule has 0 aromatic carbocycles. The van der Waals surface area contributed by atoms with Crippen molar-refractivity contribution in [2.45, 2.75) is 31.6 Å². The van der Waals surface area contributed by atoms with Crippen LogP contribution in [0.1, 0.15) is 37.4 Å². The van der Waals surface area contributed by atoms with Crippen LogP contribution in [0.15, 0.2) is 4.52 Å². The van der Waals surface area contributed by atoms with Gasteiger partial charge in [0.2, 0.25) is 0 Å². The van der Waals surface area contributed by atoms with Crippen LogP contribution < -0.4 is 4.90 Å². The molecule has 5 heteroatoms. The minimum Gasteiger partial charge on any atom is -0.396 e. The highest BCUT2D eigenvalue weighted by atomic mass is 16.5. The van der Waals surface area contributed by atoms with Crippen LogP contribution >= 0.6 is 0 Å². The second-order valence-corrected chi connectivity index (χ2v) is 4.82. The summed E-state index contributed by atoms with van der Waals surface area (Å²) in [5, 5.41) is 13.1. The van der Waals surface area contributed by atoms with Crippen molar-refractivity contribution in [3.8, 4) is 0 Å². The maximum atomic E-state index is 9.06. The lowest BCUT2D eigenvalue weighted by molar-refractivity contribution is 0.200. The fourth-order valence-corrected chi connectivity index (χ4v) is 2.17. The van der Waals surface area contributed by atoms with Crippen LogP contribution in [-0.2, 0) is 0 Å². The number of aromatic nitrogens is 2. The third-order valence-corrected chi connectivity index (χ3v) is 3.52. The molecule has 0 bridgehead atoms. The fraction of sp³-hybridized carbons (Fsp3) is 0.818. The molecular formula is C11H17N3O2. The van der Waals surface area contributed by atoms with Crippen LogP contribution in [0.3, 0.4) is 0 Å². The Hall–Kier alpha value is -1.10. The number of anilines is 1. The summed E-state index contributed by atoms with van der Waals surface area (Å²) in [5.41, 5.74) is 0. The highest BCUT2D eigenvalue weighted by molar-refractivity contribution is 5.27. The fourth-order valence-electron chi connectivity index (χ4n) is 2.17. The molecule has 1 aliphatic heterocycles. The molecule has 0 atom stereocenters. The molecule has 0 spiro atoms. The van der Waals surface area contributed by atoms with E-state index in [9.17, 15) is 0 Å². The van der Waals surface area contributed by atoms with Gasteiger partial charge in [-0.2, -0.15) is 4.98 Å². The number of rotatable bonds is 3. The Morgan fingerprint density at radius 3 is 2.62 bits per heavy atom. The van der Waals surface area contributed by atoms with Gasteiger partial charge >= 0.3 is 6.01 Å². The number of hydrogen-bond donors (Lipinski definition) is 1. The minimum atomic E-state index is 0.297. The zero-order valence-electron chi connectivity index (χ0n) is 9.30. The van der Waals surface area contributed by atoms with Gasteiger partial charge in [0.05, 0.1) is 0 Å². The van der Waals surface area contributed by atoms with E-state index in [0.717, 1.165) is 31.8 Å². The van der Waals surface area contributed by atoms with Gasteiger partial charge in [-0.25, -0.2) is 0 Å². The third-order valence-electron chi connectivity index (χ3n) is 3.52. The number of nitrogens with zero attached hydrogens (tertiary/aromatic N) is 3. The van der Waals surface area contributed by atoms with Crippen molar-refractivity contribution in [2.75, 3.05) is 24.6 Å². The van der Waals surface area contributed by atoms with Crippen molar-refractivity contribution in [1.82, 2.24) is 10.1 Å². The van der Waals surface area contributed by atoms with Crippen LogP contribution in [0.25, 0.3) is 0 Å². The Kier molecular flexibility index (Phi) is 2.55. The molecule has 5 nitrogen and oxygen atoms in total. The first kappa shape index (κ1) is 10.1. The van der Waals surface area contributed by atoms with Gasteiger partial charge in [-0.1, -0.05) is 5.16 Å². The van der Waals surface area contributed by atoms with Crippen LogP contribution in [0, 0.1) is 5.92 Å². The summed E-state index contributed by atoms with van der Waals surface area (Å²) in [4.78, 5) is 6.56. The normalized spacial score (nSPS) is 22.7. The lowest BCUT2D eigenvalue weighted by Gasteiger charge is -2.29. The average Bonchev–Trinajstić information content (AvgIpc) is 3.08. The van der Waals surface area contributed by atoms with Crippen molar-refractivity contribution in [3.63, 3.8) is 0 Å². The first-order valence-corrected chi connectivity index (χ1v) is 6.06. The summed E-state index contributed by atoms with van der Waals surface area (Å²) in [6, 6.07) is 0.665. The second-order valence-electron chi connectivity index (χ2n) is 4.82. The average molecular weight is 223 g/mol. The Balaban J connectivity index is 1.63. The molecule has 2 aliphatic rings. The van der Waals surface area contributed by atoms with Gasteiger partial charge in [0.15, 0.2) is 5.82 Å². The molecule has 1 N–H and O–H groups in total. The van der Waals surface area contributed by atoms with E-state index in [0.29, 0.717) is 24.5 Å². The molecule has 1 aromatic heterocycles. The third kappa shape index (κ3) is 1.91. The van der Waals surface area contributed by atoms with Crippen LogP contribution in [0.4, 0.5) is 6.01 Å². The summed E-state index contributed by atoms with van der Waals surface area (Å²) in [6.45, 7) is 2.13. The molecule has 16 heavy (non-hydrogen) atoms. The van der Waals surface area contributed by atoms with Crippen molar-refractivity contribution in [1.29, 1.82) is 0 Å². The standard InChI is InChI=1S/C11H17N3O2/c15-7-8-3-5-14(6-4-8)11-12-10(13-16-11)9-1-2-9/h8-9,15H,1-7H2. The first-order valence-electron chi connectivity index (χ1n) is 6.06. The lowest BCUT2D eigenvalue weighted by Crippen LogP contribution is -2.34. The van der Waals surface area contributed by atoms with Crippen molar-refractivity contribution in [3.05, 3.63) is 5.82 Å². The summed E-state index contributed by atoms with van der Waals surface area (Å²) in [6.07, 6.45) is 4.42. The zero-order valence-corrected chi connectivity index (χ0v) is 9.30. The van der Waals surface area contributed by atoms with Gasteiger partial charge in [-0.15, -0.1) is 0 Å². The Morgan fingerprint density at radius 1 is 1.25 bits per heavy atom. The van der Waals surface area contributed by atoms with E-state index in [1.54, 1.807) is 0 Å². The molecule has 2 heterocycles. The number of aliphatic hydroxyl groups is 1. The van der Waals surface area contributed by atoms with E-state index in [4.69, 9.17) is 9.63 Å². The molecule has 1 aromatic rings. The molecule has 0 unspecified atom stereocenters. The van der Waals surface area contributed by atoms with Gasteiger partial charge in [0.1, 0.15) is 0 Å². The summed E-state index contributed by atoms with van der Waals surface area (Å²) < 4.78 is 5.28. The topological polar surface area (TPSA) is 62.4 Å². The first-order chi connectivity index (χ1) is 7.86. The SMILES string of the molecule is OCC1CCN(c2nc(C3CC3)no2)CC1. The van der Waals surface area contributed by atoms with E-state index < -0.39 is 0 Å². The quantitative estimate of drug-likeness (QED) is 0.833. The van der Waals surface area contributed by atoms with Crippen molar-refractivity contribution >= 4 is 6.01 Å². The van der Waals surface area contributed by atoms with Gasteiger partial charge in [0.25, 0.3) is 0 Å². The summed E-state index contributed by atoms with van der Waals surface area (Å²) in [5.74, 6) is 1.87. The van der Waals surface area contributed by atoms with Gasteiger partial charge < -0.3 is 14.5 Å². The lowest BCUT2D eigenvalue weighted by atomic mass is 9.98. The number of piperidine rings is 1. The molecule has 88 valence electrons. The number of hydrogen-bond acceptors (Lipinski definition) is 5. The molecule has 0 amide bonds. The largest absolute Gasteiger partial charge is 0.396 e. The zero-order chi connectivity index (χ0) is 11.0. The van der Waals surface area contributed by atoms with E-state index in [1.807, 2.05) is 0 Å². The molecular weight excluding hydrogens is 206 g/mol.